The van der Waals surface area contributed by atoms with Crippen LogP contribution in [-0.2, 0) is 14.3 Å². The minimum atomic E-state index is -0.422. The molecule has 0 unspecified atom stereocenters. The van der Waals surface area contributed by atoms with Gasteiger partial charge < -0.3 is 19.7 Å². The van der Waals surface area contributed by atoms with Crippen molar-refractivity contribution in [1.82, 2.24) is 4.90 Å². The van der Waals surface area contributed by atoms with Crippen molar-refractivity contribution < 1.29 is 14.3 Å². The highest BCUT2D eigenvalue weighted by Gasteiger charge is 2.40. The Kier molecular flexibility index (Phi) is 4.87. The van der Waals surface area contributed by atoms with Crippen LogP contribution in [0.5, 0.6) is 0 Å². The molecule has 1 spiro atoms. The number of likely N-dealkylation sites (tertiary alicyclic amines) is 1. The Hall–Kier alpha value is -1.59. The molecule has 0 saturated carbocycles. The van der Waals surface area contributed by atoms with Crippen LogP contribution in [0.3, 0.4) is 0 Å². The Bertz CT molecular complexity index is 543. The van der Waals surface area contributed by atoms with Crippen molar-refractivity contribution in [2.75, 3.05) is 38.2 Å². The molecular formula is C18H26N2O3. The van der Waals surface area contributed by atoms with Crippen molar-refractivity contribution in [3.05, 3.63) is 29.8 Å². The molecule has 5 heteroatoms. The summed E-state index contributed by atoms with van der Waals surface area (Å²) in [5.74, 6) is 0.144. The summed E-state index contributed by atoms with van der Waals surface area (Å²) in [4.78, 5) is 14.3. The summed E-state index contributed by atoms with van der Waals surface area (Å²) in [5, 5.41) is 3.30. The number of anilines is 1. The highest BCUT2D eigenvalue weighted by molar-refractivity contribution is 5.81. The van der Waals surface area contributed by atoms with Gasteiger partial charge in [-0.2, -0.15) is 0 Å². The molecule has 0 atom stereocenters. The maximum atomic E-state index is 12.4. The summed E-state index contributed by atoms with van der Waals surface area (Å²) in [5.41, 5.74) is 2.29. The number of ether oxygens (including phenoxy) is 2. The van der Waals surface area contributed by atoms with Gasteiger partial charge in [-0.3, -0.25) is 4.79 Å². The quantitative estimate of drug-likeness (QED) is 0.927. The normalized spacial score (nSPS) is 20.2. The van der Waals surface area contributed by atoms with Crippen molar-refractivity contribution in [3.8, 4) is 0 Å². The van der Waals surface area contributed by atoms with E-state index in [0.29, 0.717) is 38.8 Å². The van der Waals surface area contributed by atoms with Crippen molar-refractivity contribution in [1.29, 1.82) is 0 Å². The number of amides is 1. The molecule has 2 fully saturated rings. The van der Waals surface area contributed by atoms with Crippen molar-refractivity contribution >= 4 is 11.6 Å². The number of carbonyl (C=O) groups excluding carboxylic acids is 1. The van der Waals surface area contributed by atoms with E-state index >= 15 is 0 Å². The SMILES string of the molecule is CC(C)c1ccccc1NCC(=O)N1CCC2(CC1)OCCO2. The third kappa shape index (κ3) is 3.67. The average molecular weight is 318 g/mol. The molecule has 1 N–H and O–H groups in total. The molecule has 126 valence electrons. The zero-order chi connectivity index (χ0) is 16.3. The predicted molar refractivity (Wildman–Crippen MR) is 89.5 cm³/mol. The molecule has 2 saturated heterocycles. The van der Waals surface area contributed by atoms with Crippen molar-refractivity contribution in [2.45, 2.75) is 38.4 Å². The van der Waals surface area contributed by atoms with E-state index in [1.165, 1.54) is 5.56 Å². The van der Waals surface area contributed by atoms with Gasteiger partial charge in [0.05, 0.1) is 19.8 Å². The van der Waals surface area contributed by atoms with E-state index in [1.54, 1.807) is 0 Å². The van der Waals surface area contributed by atoms with Gasteiger partial charge in [0.2, 0.25) is 5.91 Å². The number of piperidine rings is 1. The topological polar surface area (TPSA) is 50.8 Å². The lowest BCUT2D eigenvalue weighted by molar-refractivity contribution is -0.187. The Morgan fingerprint density at radius 2 is 1.87 bits per heavy atom. The van der Waals surface area contributed by atoms with Crippen molar-refractivity contribution in [2.24, 2.45) is 0 Å². The molecule has 2 aliphatic heterocycles. The molecular weight excluding hydrogens is 292 g/mol. The molecule has 1 aromatic rings. The van der Waals surface area contributed by atoms with Gasteiger partial charge in [-0.15, -0.1) is 0 Å². The summed E-state index contributed by atoms with van der Waals surface area (Å²) in [6.07, 6.45) is 1.53. The number of hydrogen-bond acceptors (Lipinski definition) is 4. The maximum absolute atomic E-state index is 12.4. The number of carbonyl (C=O) groups is 1. The van der Waals surface area contributed by atoms with Gasteiger partial charge >= 0.3 is 0 Å². The molecule has 1 aromatic carbocycles. The molecule has 0 bridgehead atoms. The molecule has 3 rings (SSSR count). The first-order valence-corrected chi connectivity index (χ1v) is 8.48. The van der Waals surface area contributed by atoms with Gasteiger partial charge in [-0.05, 0) is 17.5 Å². The predicted octanol–water partition coefficient (Wildman–Crippen LogP) is 2.59. The number of nitrogens with one attached hydrogen (secondary N) is 1. The third-order valence-corrected chi connectivity index (χ3v) is 4.70. The molecule has 5 nitrogen and oxygen atoms in total. The fourth-order valence-electron chi connectivity index (χ4n) is 3.33. The minimum Gasteiger partial charge on any atom is -0.376 e. The van der Waals surface area contributed by atoms with Gasteiger partial charge in [-0.1, -0.05) is 32.0 Å². The number of para-hydroxylation sites is 1. The van der Waals surface area contributed by atoms with Gasteiger partial charge in [0, 0.05) is 31.6 Å². The van der Waals surface area contributed by atoms with Crippen LogP contribution in [0, 0.1) is 0 Å². The van der Waals surface area contributed by atoms with E-state index in [4.69, 9.17) is 9.47 Å². The average Bonchev–Trinajstić information content (AvgIpc) is 3.01. The summed E-state index contributed by atoms with van der Waals surface area (Å²) >= 11 is 0. The lowest BCUT2D eigenvalue weighted by atomic mass is 10.0. The van der Waals surface area contributed by atoms with Crippen LogP contribution >= 0.6 is 0 Å². The molecule has 2 heterocycles. The van der Waals surface area contributed by atoms with Crippen molar-refractivity contribution in [3.63, 3.8) is 0 Å². The van der Waals surface area contributed by atoms with E-state index in [1.807, 2.05) is 23.1 Å². The molecule has 2 aliphatic rings. The first kappa shape index (κ1) is 16.3. The van der Waals surface area contributed by atoms with E-state index in [2.05, 4.69) is 25.2 Å². The Morgan fingerprint density at radius 3 is 2.52 bits per heavy atom. The van der Waals surface area contributed by atoms with Crippen LogP contribution in [0.25, 0.3) is 0 Å². The fourth-order valence-corrected chi connectivity index (χ4v) is 3.33. The van der Waals surface area contributed by atoms with Gasteiger partial charge in [0.15, 0.2) is 5.79 Å². The van der Waals surface area contributed by atoms with E-state index in [0.717, 1.165) is 18.5 Å². The smallest absolute Gasteiger partial charge is 0.241 e. The lowest BCUT2D eigenvalue weighted by Gasteiger charge is -2.37. The second kappa shape index (κ2) is 6.89. The monoisotopic (exact) mass is 318 g/mol. The minimum absolute atomic E-state index is 0.136. The fraction of sp³-hybridized carbons (Fsp3) is 0.611. The van der Waals surface area contributed by atoms with E-state index in [-0.39, 0.29) is 5.91 Å². The number of rotatable bonds is 4. The summed E-state index contributed by atoms with van der Waals surface area (Å²) < 4.78 is 11.4. The zero-order valence-electron chi connectivity index (χ0n) is 14.0. The number of nitrogens with zero attached hydrogens (tertiary/aromatic N) is 1. The van der Waals surface area contributed by atoms with Crippen LogP contribution in [0.15, 0.2) is 24.3 Å². The van der Waals surface area contributed by atoms with Gasteiger partial charge in [0.25, 0.3) is 0 Å². The summed E-state index contributed by atoms with van der Waals surface area (Å²) in [7, 11) is 0. The molecule has 0 aliphatic carbocycles. The zero-order valence-corrected chi connectivity index (χ0v) is 14.0. The number of hydrogen-bond donors (Lipinski definition) is 1. The molecule has 0 radical (unpaired) electrons. The highest BCUT2D eigenvalue weighted by atomic mass is 16.7. The second-order valence-electron chi connectivity index (χ2n) is 6.58. The maximum Gasteiger partial charge on any atom is 0.241 e. The Morgan fingerprint density at radius 1 is 1.22 bits per heavy atom. The summed E-state index contributed by atoms with van der Waals surface area (Å²) in [6, 6.07) is 8.18. The largest absolute Gasteiger partial charge is 0.376 e. The van der Waals surface area contributed by atoms with Crippen LogP contribution in [-0.4, -0.2) is 49.4 Å². The molecule has 1 amide bonds. The van der Waals surface area contributed by atoms with Crippen LogP contribution in [0.2, 0.25) is 0 Å². The first-order chi connectivity index (χ1) is 11.1. The van der Waals surface area contributed by atoms with Gasteiger partial charge in [-0.25, -0.2) is 0 Å². The summed E-state index contributed by atoms with van der Waals surface area (Å²) in [6.45, 7) is 7.39. The standard InChI is InChI=1S/C18H26N2O3/c1-14(2)15-5-3-4-6-16(15)19-13-17(21)20-9-7-18(8-10-20)22-11-12-23-18/h3-6,14,19H,7-13H2,1-2H3. The van der Waals surface area contributed by atoms with Crippen LogP contribution < -0.4 is 5.32 Å². The lowest BCUT2D eigenvalue weighted by Crippen LogP contribution is -2.48. The molecule has 0 aromatic heterocycles. The Balaban J connectivity index is 1.52. The Labute approximate surface area is 137 Å². The van der Waals surface area contributed by atoms with Crippen LogP contribution in [0.4, 0.5) is 5.69 Å². The van der Waals surface area contributed by atoms with E-state index < -0.39 is 5.79 Å². The highest BCUT2D eigenvalue weighted by Crippen LogP contribution is 2.31. The van der Waals surface area contributed by atoms with E-state index in [9.17, 15) is 4.79 Å². The third-order valence-electron chi connectivity index (χ3n) is 4.70. The van der Waals surface area contributed by atoms with Gasteiger partial charge in [0.1, 0.15) is 0 Å². The first-order valence-electron chi connectivity index (χ1n) is 8.48. The second-order valence-corrected chi connectivity index (χ2v) is 6.58. The van der Waals surface area contributed by atoms with Crippen LogP contribution in [0.1, 0.15) is 38.2 Å². The number of benzene rings is 1. The molecule has 23 heavy (non-hydrogen) atoms.